The fourth-order valence-corrected chi connectivity index (χ4v) is 19.5. The molecule has 1 atom stereocenters. The van der Waals surface area contributed by atoms with E-state index in [1.54, 1.807) is 53.1 Å². The standard InChI is InChI=1S/C27H25F2NO6.C27H29F2NO5.C12H13IO6/c1-25(2,3)22-12-16-10-15(4-6-18(16)30(22)14-19(31)24(33)34)11-23(32)26(8-9-26)17-5-7-20-21(13-17)36-27(28,29)35-20;1-25(2,3)23-12-17-10-16(4-6-20(17)30(23)14-19(32)15-31)11-24(33)26(8-9-26)18-5-7-21-22(13-18)35-27(28,29)34-21;1-8(14)17-13(3,18-9(2)15)11-7-5-4-6-10(11)12(16)19-13/h4-7,10,12-13H,8-9,11,14H2,1-3H3,(H,33,34);4-7,10,12-13,19,31-32H,8-9,11,14-15H2,1-3H3;4-7H,1-3H3. The second-order valence-corrected chi connectivity index (χ2v) is 33.8. The first-order valence-corrected chi connectivity index (χ1v) is 34.6. The van der Waals surface area contributed by atoms with Crippen molar-refractivity contribution in [2.75, 3.05) is 11.5 Å². The number of carboxylic acids is 1. The zero-order valence-electron chi connectivity index (χ0n) is 50.7. The first-order valence-electron chi connectivity index (χ1n) is 28.7. The van der Waals surface area contributed by atoms with Crippen LogP contribution in [0, 0.1) is 3.57 Å². The SMILES string of the molecule is CC(=O)OI1(C)(OC(C)=O)OC(=O)c2ccccc21.CC(C)(C)c1cc2cc(CC(=O)C3(c4ccc5c(c4)OC(F)(F)O5)CC3)ccc2n1CC(=O)C(=O)O.CC(C)(C)c1cc2cc(CC(=O)C3(c4ccc5c(c4)OC(F)(F)O5)CC3)ccc2n1CC(O)CO. The molecule has 3 N–H and O–H groups in total. The van der Waals surface area contributed by atoms with Crippen LogP contribution in [0.25, 0.3) is 21.8 Å². The van der Waals surface area contributed by atoms with Crippen molar-refractivity contribution in [2.24, 2.45) is 0 Å². The van der Waals surface area contributed by atoms with E-state index in [2.05, 4.69) is 45.8 Å². The minimum atomic E-state index is -5.01. The molecule has 1 unspecified atom stereocenters. The van der Waals surface area contributed by atoms with Crippen LogP contribution in [0.2, 0.25) is 0 Å². The van der Waals surface area contributed by atoms with Crippen molar-refractivity contribution >= 4 is 81.3 Å². The van der Waals surface area contributed by atoms with E-state index in [1.165, 1.54) is 43.0 Å². The van der Waals surface area contributed by atoms with Crippen molar-refractivity contribution in [3.8, 4) is 23.0 Å². The minimum Gasteiger partial charge on any atom is -0.475 e. The minimum absolute atomic E-state index is 0.0241. The van der Waals surface area contributed by atoms with Crippen molar-refractivity contribution in [3.63, 3.8) is 0 Å². The summed E-state index contributed by atoms with van der Waals surface area (Å²) in [6.07, 6.45) is -5.36. The van der Waals surface area contributed by atoms with Crippen LogP contribution >= 0.6 is 18.3 Å². The molecule has 12 rings (SSSR count). The normalized spacial score (nSPS) is 18.4. The molecule has 2 saturated carbocycles. The average Bonchev–Trinajstić information content (AvgIpc) is 1.54. The van der Waals surface area contributed by atoms with Crippen LogP contribution in [0.3, 0.4) is 0 Å². The molecule has 3 aliphatic heterocycles. The van der Waals surface area contributed by atoms with E-state index in [-0.39, 0.29) is 83.5 Å². The molecule has 0 spiro atoms. The van der Waals surface area contributed by atoms with Gasteiger partial charge in [0, 0.05) is 56.9 Å². The maximum absolute atomic E-state index is 13.4. The molecule has 0 radical (unpaired) electrons. The number of Topliss-reactive ketones (excluding diaryl/α,β-unsaturated/α-hetero) is 3. The summed E-state index contributed by atoms with van der Waals surface area (Å²) in [7, 11) is 0. The molecule has 0 saturated heterocycles. The maximum atomic E-state index is 13.4. The van der Waals surface area contributed by atoms with Gasteiger partial charge >= 0.3 is 131 Å². The zero-order chi connectivity index (χ0) is 65.5. The van der Waals surface area contributed by atoms with Crippen molar-refractivity contribution < 1.29 is 94.6 Å². The third-order valence-electron chi connectivity index (χ3n) is 16.2. The van der Waals surface area contributed by atoms with Gasteiger partial charge in [-0.1, -0.05) is 65.8 Å². The predicted molar refractivity (Wildman–Crippen MR) is 326 cm³/mol. The molecule has 19 nitrogen and oxygen atoms in total. The van der Waals surface area contributed by atoms with Gasteiger partial charge in [-0.2, -0.15) is 0 Å². The van der Waals surface area contributed by atoms with Crippen molar-refractivity contribution in [1.29, 1.82) is 0 Å². The Morgan fingerprint density at radius 3 is 1.47 bits per heavy atom. The van der Waals surface area contributed by atoms with Crippen LogP contribution in [-0.4, -0.2) is 95.9 Å². The largest absolute Gasteiger partial charge is 0.586 e. The molecule has 2 aliphatic carbocycles. The number of alkyl halides is 5. The van der Waals surface area contributed by atoms with Gasteiger partial charge in [0.2, 0.25) is 0 Å². The Balaban J connectivity index is 0.000000156. The molecule has 90 heavy (non-hydrogen) atoms. The van der Waals surface area contributed by atoms with Gasteiger partial charge < -0.3 is 43.4 Å². The van der Waals surface area contributed by atoms with Crippen LogP contribution in [0.1, 0.15) is 125 Å². The summed E-state index contributed by atoms with van der Waals surface area (Å²) in [5, 5.41) is 30.3. The number of benzene rings is 5. The molecule has 478 valence electrons. The van der Waals surface area contributed by atoms with Crippen LogP contribution in [-0.2, 0) is 85.6 Å². The van der Waals surface area contributed by atoms with Gasteiger partial charge in [-0.05, 0) is 109 Å². The van der Waals surface area contributed by atoms with E-state index in [0.717, 1.165) is 38.8 Å². The summed E-state index contributed by atoms with van der Waals surface area (Å²) in [6, 6.07) is 30.8. The van der Waals surface area contributed by atoms with Gasteiger partial charge in [0.25, 0.3) is 5.78 Å². The molecule has 0 bridgehead atoms. The van der Waals surface area contributed by atoms with Crippen molar-refractivity contribution in [2.45, 2.75) is 147 Å². The number of halogens is 5. The zero-order valence-corrected chi connectivity index (χ0v) is 52.8. The molecule has 2 aromatic heterocycles. The van der Waals surface area contributed by atoms with Crippen LogP contribution in [0.15, 0.2) is 109 Å². The maximum Gasteiger partial charge on any atom is 0.586 e. The number of carbonyl (C=O) groups excluding carboxylic acids is 6. The Labute approximate surface area is 516 Å². The van der Waals surface area contributed by atoms with E-state index in [9.17, 15) is 61.3 Å². The average molecular weight is 1360 g/mol. The van der Waals surface area contributed by atoms with E-state index in [4.69, 9.17) is 14.3 Å². The van der Waals surface area contributed by atoms with E-state index in [1.807, 2.05) is 55.7 Å². The Morgan fingerprint density at radius 1 is 0.611 bits per heavy atom. The van der Waals surface area contributed by atoms with Gasteiger partial charge in [-0.15, -0.1) is 17.6 Å². The Hall–Kier alpha value is -8.36. The van der Waals surface area contributed by atoms with Gasteiger partial charge in [-0.3, -0.25) is 14.4 Å². The van der Waals surface area contributed by atoms with Crippen LogP contribution in [0.5, 0.6) is 23.0 Å². The molecule has 0 amide bonds. The number of hydrogen-bond donors (Lipinski definition) is 3. The number of aliphatic hydroxyl groups is 2. The summed E-state index contributed by atoms with van der Waals surface area (Å²) in [6.45, 7) is 14.2. The smallest absolute Gasteiger partial charge is 0.475 e. The van der Waals surface area contributed by atoms with Gasteiger partial charge in [0.05, 0.1) is 36.6 Å². The monoisotopic (exact) mass is 1360 g/mol. The van der Waals surface area contributed by atoms with Gasteiger partial charge in [-0.25, -0.2) is 4.79 Å². The first kappa shape index (κ1) is 64.6. The Morgan fingerprint density at radius 2 is 1.04 bits per heavy atom. The van der Waals surface area contributed by atoms with Crippen LogP contribution < -0.4 is 18.9 Å². The second-order valence-electron chi connectivity index (χ2n) is 25.2. The third kappa shape index (κ3) is 12.7. The van der Waals surface area contributed by atoms with Crippen molar-refractivity contribution in [1.82, 2.24) is 9.13 Å². The fraction of sp³-hybridized carbons (Fsp3) is 0.379. The third-order valence-corrected chi connectivity index (χ3v) is 24.4. The van der Waals surface area contributed by atoms with E-state index in [0.29, 0.717) is 45.9 Å². The number of carboxylic acid groups (broad SMARTS) is 1. The number of ether oxygens (including phenoxy) is 4. The summed E-state index contributed by atoms with van der Waals surface area (Å²) in [5.74, 6) is -4.57. The number of aliphatic carboxylic acids is 1. The molecular formula is C66H67F4IN2O17. The summed E-state index contributed by atoms with van der Waals surface area (Å²) < 4.78 is 91.6. The van der Waals surface area contributed by atoms with Crippen LogP contribution in [0.4, 0.5) is 17.6 Å². The Kier molecular flexibility index (Phi) is 16.4. The topological polar surface area (TPSA) is 255 Å². The van der Waals surface area contributed by atoms with Gasteiger partial charge in [0.15, 0.2) is 23.0 Å². The summed E-state index contributed by atoms with van der Waals surface area (Å²) >= 11 is -5.01. The van der Waals surface area contributed by atoms with E-state index >= 15 is 0 Å². The molecule has 5 aromatic carbocycles. The quantitative estimate of drug-likeness (QED) is 0.0352. The number of aliphatic hydroxyl groups excluding tert-OH is 2. The number of fused-ring (bicyclic) bond motifs is 5. The predicted octanol–water partition coefficient (Wildman–Crippen LogP) is 11.3. The number of rotatable bonds is 16. The number of hydrogen-bond acceptors (Lipinski definition) is 16. The second kappa shape index (κ2) is 22.8. The number of carbonyl (C=O) groups is 7. The number of aromatic nitrogens is 2. The number of ketones is 3. The van der Waals surface area contributed by atoms with E-state index < -0.39 is 77.5 Å². The molecule has 5 heterocycles. The fourth-order valence-electron chi connectivity index (χ4n) is 11.7. The van der Waals surface area contributed by atoms with Crippen molar-refractivity contribution in [3.05, 3.63) is 152 Å². The molecule has 5 aliphatic rings. The van der Waals surface area contributed by atoms with Gasteiger partial charge in [0.1, 0.15) is 11.6 Å². The molecule has 7 aromatic rings. The molecular weight excluding hydrogens is 1300 g/mol. The molecule has 24 heteroatoms. The molecule has 2 fully saturated rings. The number of nitrogens with zero attached hydrogens (tertiary/aromatic N) is 2. The summed E-state index contributed by atoms with van der Waals surface area (Å²) in [4.78, 5) is 85.9. The first-order chi connectivity index (χ1) is 42.0. The summed E-state index contributed by atoms with van der Waals surface area (Å²) in [5.41, 5.74) is 4.70. The Bertz CT molecular complexity index is 4100.